The van der Waals surface area contributed by atoms with Crippen LogP contribution in [0, 0.1) is 0 Å². The smallest absolute Gasteiger partial charge is 0.251 e. The molecule has 0 aromatic heterocycles. The molecule has 0 saturated carbocycles. The lowest BCUT2D eigenvalue weighted by Gasteiger charge is -2.20. The highest BCUT2D eigenvalue weighted by Gasteiger charge is 2.16. The van der Waals surface area contributed by atoms with Crippen molar-refractivity contribution in [2.75, 3.05) is 38.4 Å². The van der Waals surface area contributed by atoms with E-state index in [4.69, 9.17) is 14.2 Å². The molecule has 0 heterocycles. The molecular weight excluding hydrogens is 396 g/mol. The molecule has 0 aliphatic rings. The predicted octanol–water partition coefficient (Wildman–Crippen LogP) is 2.43. The van der Waals surface area contributed by atoms with Crippen LogP contribution in [0.25, 0.3) is 0 Å². The second-order valence-corrected chi connectivity index (χ2v) is 8.10. The predicted molar refractivity (Wildman–Crippen MR) is 112 cm³/mol. The van der Waals surface area contributed by atoms with Gasteiger partial charge in [0.15, 0.2) is 11.5 Å². The van der Waals surface area contributed by atoms with Crippen molar-refractivity contribution in [3.8, 4) is 17.2 Å². The minimum Gasteiger partial charge on any atom is -0.493 e. The zero-order valence-electron chi connectivity index (χ0n) is 17.2. The molecule has 1 amide bonds. The molecule has 9 heteroatoms. The van der Waals surface area contributed by atoms with Gasteiger partial charge in [-0.25, -0.2) is 8.42 Å². The van der Waals surface area contributed by atoms with E-state index in [0.717, 1.165) is 11.8 Å². The zero-order valence-corrected chi connectivity index (χ0v) is 18.0. The maximum Gasteiger partial charge on any atom is 0.251 e. The zero-order chi connectivity index (χ0) is 21.6. The van der Waals surface area contributed by atoms with Gasteiger partial charge < -0.3 is 19.5 Å². The number of methoxy groups -OCH3 is 3. The molecule has 0 radical (unpaired) electrons. The van der Waals surface area contributed by atoms with E-state index in [2.05, 4.69) is 5.32 Å². The number of carbonyl (C=O) groups is 1. The molecule has 0 aliphatic heterocycles. The van der Waals surface area contributed by atoms with Crippen molar-refractivity contribution in [1.82, 2.24) is 5.32 Å². The molecule has 0 spiro atoms. The molecule has 0 unspecified atom stereocenters. The number of anilines is 1. The summed E-state index contributed by atoms with van der Waals surface area (Å²) in [5, 5.41) is 2.83. The largest absolute Gasteiger partial charge is 0.493 e. The van der Waals surface area contributed by atoms with Crippen LogP contribution in [0.5, 0.6) is 17.2 Å². The second-order valence-electron chi connectivity index (χ2n) is 6.19. The first-order valence-electron chi connectivity index (χ1n) is 8.90. The monoisotopic (exact) mass is 422 g/mol. The number of carbonyl (C=O) groups excluding carboxylic acids is 1. The second kappa shape index (κ2) is 9.51. The minimum absolute atomic E-state index is 0.252. The van der Waals surface area contributed by atoms with Gasteiger partial charge >= 0.3 is 0 Å². The van der Waals surface area contributed by atoms with Gasteiger partial charge in [0, 0.05) is 18.7 Å². The standard InChI is InChI=1S/C20H26N2O6S/c1-6-22(29(5,24)25)16-9-7-15(8-10-16)20(23)21-13-14-11-17(26-2)19(28-4)18(12-14)27-3/h7-12H,6,13H2,1-5H3,(H,21,23). The summed E-state index contributed by atoms with van der Waals surface area (Å²) in [5.41, 5.74) is 1.71. The summed E-state index contributed by atoms with van der Waals surface area (Å²) in [5.74, 6) is 1.20. The molecule has 0 aliphatic carbocycles. The summed E-state index contributed by atoms with van der Waals surface area (Å²) >= 11 is 0. The summed E-state index contributed by atoms with van der Waals surface area (Å²) in [6, 6.07) is 9.92. The fraction of sp³-hybridized carbons (Fsp3) is 0.350. The van der Waals surface area contributed by atoms with Crippen molar-refractivity contribution in [1.29, 1.82) is 0 Å². The van der Waals surface area contributed by atoms with Crippen LogP contribution < -0.4 is 23.8 Å². The van der Waals surface area contributed by atoms with Crippen LogP contribution >= 0.6 is 0 Å². The van der Waals surface area contributed by atoms with E-state index in [1.807, 2.05) is 0 Å². The van der Waals surface area contributed by atoms with Crippen molar-refractivity contribution in [3.63, 3.8) is 0 Å². The summed E-state index contributed by atoms with van der Waals surface area (Å²) in [7, 11) is 1.21. The Kier molecular flexibility index (Phi) is 7.33. The number of hydrogen-bond acceptors (Lipinski definition) is 6. The Bertz CT molecular complexity index is 932. The van der Waals surface area contributed by atoms with E-state index in [-0.39, 0.29) is 12.5 Å². The van der Waals surface area contributed by atoms with Gasteiger partial charge in [0.05, 0.1) is 33.3 Å². The number of sulfonamides is 1. The molecule has 0 saturated heterocycles. The third-order valence-electron chi connectivity index (χ3n) is 4.28. The Labute approximate surface area is 171 Å². The molecule has 2 rings (SSSR count). The Morgan fingerprint density at radius 2 is 1.55 bits per heavy atom. The van der Waals surface area contributed by atoms with E-state index in [1.165, 1.54) is 25.6 Å². The van der Waals surface area contributed by atoms with E-state index in [9.17, 15) is 13.2 Å². The Balaban J connectivity index is 2.13. The van der Waals surface area contributed by atoms with Gasteiger partial charge in [0.25, 0.3) is 5.91 Å². The van der Waals surface area contributed by atoms with Gasteiger partial charge in [-0.3, -0.25) is 9.10 Å². The van der Waals surface area contributed by atoms with Crippen LogP contribution in [-0.2, 0) is 16.6 Å². The van der Waals surface area contributed by atoms with Crippen molar-refractivity contribution < 1.29 is 27.4 Å². The summed E-state index contributed by atoms with van der Waals surface area (Å²) in [6.07, 6.45) is 1.15. The van der Waals surface area contributed by atoms with Crippen LogP contribution in [-0.4, -0.2) is 48.5 Å². The Morgan fingerprint density at radius 1 is 1.00 bits per heavy atom. The first-order valence-corrected chi connectivity index (χ1v) is 10.7. The molecular formula is C20H26N2O6S. The van der Waals surface area contributed by atoms with Gasteiger partial charge in [0.2, 0.25) is 15.8 Å². The number of amides is 1. The van der Waals surface area contributed by atoms with Crippen LogP contribution in [0.1, 0.15) is 22.8 Å². The molecule has 29 heavy (non-hydrogen) atoms. The summed E-state index contributed by atoms with van der Waals surface area (Å²) < 4.78 is 40.8. The van der Waals surface area contributed by atoms with Crippen LogP contribution in [0.4, 0.5) is 5.69 Å². The Hall–Kier alpha value is -2.94. The highest BCUT2D eigenvalue weighted by molar-refractivity contribution is 7.92. The van der Waals surface area contributed by atoms with Crippen LogP contribution in [0.15, 0.2) is 36.4 Å². The van der Waals surface area contributed by atoms with E-state index < -0.39 is 10.0 Å². The lowest BCUT2D eigenvalue weighted by atomic mass is 10.1. The van der Waals surface area contributed by atoms with E-state index in [0.29, 0.717) is 35.0 Å². The number of rotatable bonds is 9. The van der Waals surface area contributed by atoms with E-state index >= 15 is 0 Å². The normalized spacial score (nSPS) is 10.9. The SMILES string of the molecule is CCN(c1ccc(C(=O)NCc2cc(OC)c(OC)c(OC)c2)cc1)S(C)(=O)=O. The fourth-order valence-corrected chi connectivity index (χ4v) is 3.88. The van der Waals surface area contributed by atoms with Gasteiger partial charge in [-0.1, -0.05) is 0 Å². The highest BCUT2D eigenvalue weighted by atomic mass is 32.2. The van der Waals surface area contributed by atoms with Crippen molar-refractivity contribution in [2.24, 2.45) is 0 Å². The number of nitrogens with one attached hydrogen (secondary N) is 1. The summed E-state index contributed by atoms with van der Waals surface area (Å²) in [4.78, 5) is 12.5. The Morgan fingerprint density at radius 3 is 1.97 bits per heavy atom. The maximum absolute atomic E-state index is 12.5. The average molecular weight is 423 g/mol. The molecule has 2 aromatic carbocycles. The average Bonchev–Trinajstić information content (AvgIpc) is 2.71. The van der Waals surface area contributed by atoms with Gasteiger partial charge in [-0.05, 0) is 48.9 Å². The lowest BCUT2D eigenvalue weighted by molar-refractivity contribution is 0.0951. The molecule has 0 atom stereocenters. The molecule has 8 nitrogen and oxygen atoms in total. The molecule has 2 aromatic rings. The van der Waals surface area contributed by atoms with Crippen molar-refractivity contribution in [3.05, 3.63) is 47.5 Å². The number of nitrogens with zero attached hydrogens (tertiary/aromatic N) is 1. The van der Waals surface area contributed by atoms with Gasteiger partial charge in [-0.15, -0.1) is 0 Å². The lowest BCUT2D eigenvalue weighted by Crippen LogP contribution is -2.29. The quantitative estimate of drug-likeness (QED) is 0.667. The minimum atomic E-state index is -3.37. The fourth-order valence-electron chi connectivity index (χ4n) is 2.91. The van der Waals surface area contributed by atoms with Gasteiger partial charge in [0.1, 0.15) is 0 Å². The first-order chi connectivity index (χ1) is 13.7. The molecule has 0 fully saturated rings. The van der Waals surface area contributed by atoms with Crippen molar-refractivity contribution >= 4 is 21.6 Å². The number of benzene rings is 2. The van der Waals surface area contributed by atoms with Gasteiger partial charge in [-0.2, -0.15) is 0 Å². The van der Waals surface area contributed by atoms with Crippen LogP contribution in [0.2, 0.25) is 0 Å². The van der Waals surface area contributed by atoms with Crippen molar-refractivity contribution in [2.45, 2.75) is 13.5 Å². The third kappa shape index (κ3) is 5.32. The topological polar surface area (TPSA) is 94.2 Å². The van der Waals surface area contributed by atoms with Crippen LogP contribution in [0.3, 0.4) is 0 Å². The third-order valence-corrected chi connectivity index (χ3v) is 5.55. The highest BCUT2D eigenvalue weighted by Crippen LogP contribution is 2.38. The summed E-state index contributed by atoms with van der Waals surface area (Å²) in [6.45, 7) is 2.31. The maximum atomic E-state index is 12.5. The molecule has 158 valence electrons. The van der Waals surface area contributed by atoms with E-state index in [1.54, 1.807) is 43.3 Å². The molecule has 0 bridgehead atoms. The molecule has 1 N–H and O–H groups in total. The first kappa shape index (κ1) is 22.4. The number of ether oxygens (including phenoxy) is 3. The number of hydrogen-bond donors (Lipinski definition) is 1.